The van der Waals surface area contributed by atoms with Crippen molar-refractivity contribution < 1.29 is 19.4 Å². The molecule has 0 saturated heterocycles. The van der Waals surface area contributed by atoms with E-state index >= 15 is 0 Å². The summed E-state index contributed by atoms with van der Waals surface area (Å²) in [5, 5.41) is 11.7. The molecule has 0 aliphatic heterocycles. The summed E-state index contributed by atoms with van der Waals surface area (Å²) in [7, 11) is 0. The summed E-state index contributed by atoms with van der Waals surface area (Å²) < 4.78 is 5.57. The monoisotopic (exact) mass is 327 g/mol. The molecule has 0 spiro atoms. The molecule has 5 heteroatoms. The molecule has 2 aromatic carbocycles. The summed E-state index contributed by atoms with van der Waals surface area (Å²) >= 11 is 0. The number of carbonyl (C=O) groups excluding carboxylic acids is 1. The summed E-state index contributed by atoms with van der Waals surface area (Å²) in [6.45, 7) is 3.68. The first kappa shape index (κ1) is 17.7. The number of aromatic carboxylic acids is 1. The van der Waals surface area contributed by atoms with E-state index in [1.165, 1.54) is 24.3 Å². The van der Waals surface area contributed by atoms with E-state index in [4.69, 9.17) is 9.84 Å². The minimum atomic E-state index is -1.01. The van der Waals surface area contributed by atoms with Crippen LogP contribution in [0.2, 0.25) is 0 Å². The van der Waals surface area contributed by atoms with Gasteiger partial charge < -0.3 is 15.2 Å². The van der Waals surface area contributed by atoms with E-state index in [1.54, 1.807) is 0 Å². The Morgan fingerprint density at radius 1 is 1.00 bits per heavy atom. The van der Waals surface area contributed by atoms with Gasteiger partial charge in [-0.15, -0.1) is 0 Å². The van der Waals surface area contributed by atoms with Crippen LogP contribution in [0, 0.1) is 0 Å². The van der Waals surface area contributed by atoms with Crippen molar-refractivity contribution in [2.24, 2.45) is 0 Å². The van der Waals surface area contributed by atoms with Crippen LogP contribution in [-0.2, 0) is 17.9 Å². The Balaban J connectivity index is 1.97. The van der Waals surface area contributed by atoms with Crippen LogP contribution in [0.5, 0.6) is 0 Å². The fourth-order valence-corrected chi connectivity index (χ4v) is 2.24. The molecule has 2 N–H and O–H groups in total. The molecule has 0 aromatic heterocycles. The predicted molar refractivity (Wildman–Crippen MR) is 91.0 cm³/mol. The van der Waals surface area contributed by atoms with Crippen LogP contribution in [0.4, 0.5) is 0 Å². The highest BCUT2D eigenvalue weighted by Crippen LogP contribution is 2.11. The van der Waals surface area contributed by atoms with E-state index in [0.717, 1.165) is 17.5 Å². The molecule has 0 heterocycles. The number of hydrogen-bond donors (Lipinski definition) is 2. The Labute approximate surface area is 141 Å². The molecule has 0 radical (unpaired) electrons. The molecule has 0 fully saturated rings. The largest absolute Gasteiger partial charge is 0.478 e. The number of carboxylic acids is 1. The Kier molecular flexibility index (Phi) is 6.51. The third kappa shape index (κ3) is 4.93. The average molecular weight is 327 g/mol. The van der Waals surface area contributed by atoms with E-state index in [1.807, 2.05) is 24.3 Å². The van der Waals surface area contributed by atoms with Crippen molar-refractivity contribution in [3.8, 4) is 0 Å². The van der Waals surface area contributed by atoms with E-state index in [2.05, 4.69) is 12.2 Å². The summed E-state index contributed by atoms with van der Waals surface area (Å²) in [5.74, 6) is -1.25. The number of nitrogens with one attached hydrogen (secondary N) is 1. The highest BCUT2D eigenvalue weighted by Gasteiger charge is 2.09. The van der Waals surface area contributed by atoms with Crippen LogP contribution in [0.25, 0.3) is 0 Å². The van der Waals surface area contributed by atoms with Gasteiger partial charge in [0.15, 0.2) is 0 Å². The number of ether oxygens (including phenoxy) is 1. The molecule has 0 unspecified atom stereocenters. The van der Waals surface area contributed by atoms with Gasteiger partial charge >= 0.3 is 5.97 Å². The van der Waals surface area contributed by atoms with Gasteiger partial charge in [0.1, 0.15) is 0 Å². The SMILES string of the molecule is CCCOCc1ccccc1CNC(=O)c1ccc(C(=O)O)cc1. The maximum Gasteiger partial charge on any atom is 0.335 e. The van der Waals surface area contributed by atoms with Gasteiger partial charge in [0, 0.05) is 18.7 Å². The van der Waals surface area contributed by atoms with Crippen molar-refractivity contribution in [1.82, 2.24) is 5.32 Å². The second kappa shape index (κ2) is 8.84. The number of carboxylic acid groups (broad SMARTS) is 1. The summed E-state index contributed by atoms with van der Waals surface area (Å²) in [6, 6.07) is 13.7. The van der Waals surface area contributed by atoms with Gasteiger partial charge in [0.2, 0.25) is 0 Å². The average Bonchev–Trinajstić information content (AvgIpc) is 2.61. The lowest BCUT2D eigenvalue weighted by molar-refractivity contribution is 0.0696. The fraction of sp³-hybridized carbons (Fsp3) is 0.263. The third-order valence-corrected chi connectivity index (χ3v) is 3.56. The highest BCUT2D eigenvalue weighted by molar-refractivity contribution is 5.95. The molecule has 0 aliphatic rings. The molecule has 2 rings (SSSR count). The molecular weight excluding hydrogens is 306 g/mol. The van der Waals surface area contributed by atoms with Crippen LogP contribution in [0.15, 0.2) is 48.5 Å². The smallest absolute Gasteiger partial charge is 0.335 e. The van der Waals surface area contributed by atoms with Crippen molar-refractivity contribution in [3.05, 3.63) is 70.8 Å². The zero-order chi connectivity index (χ0) is 17.4. The Hall–Kier alpha value is -2.66. The number of amides is 1. The van der Waals surface area contributed by atoms with Gasteiger partial charge in [-0.05, 0) is 41.8 Å². The molecule has 2 aromatic rings. The lowest BCUT2D eigenvalue weighted by atomic mass is 10.1. The number of benzene rings is 2. The van der Waals surface area contributed by atoms with Crippen molar-refractivity contribution >= 4 is 11.9 Å². The van der Waals surface area contributed by atoms with E-state index in [-0.39, 0.29) is 11.5 Å². The van der Waals surface area contributed by atoms with Crippen LogP contribution < -0.4 is 5.32 Å². The van der Waals surface area contributed by atoms with Crippen LogP contribution in [0.1, 0.15) is 45.2 Å². The zero-order valence-electron chi connectivity index (χ0n) is 13.6. The quantitative estimate of drug-likeness (QED) is 0.730. The minimum absolute atomic E-state index is 0.157. The normalized spacial score (nSPS) is 10.4. The summed E-state index contributed by atoms with van der Waals surface area (Å²) in [5.41, 5.74) is 2.64. The lowest BCUT2D eigenvalue weighted by Gasteiger charge is -2.11. The zero-order valence-corrected chi connectivity index (χ0v) is 13.6. The molecule has 126 valence electrons. The standard InChI is InChI=1S/C19H21NO4/c1-2-11-24-13-17-6-4-3-5-16(17)12-20-18(21)14-7-9-15(10-8-14)19(22)23/h3-10H,2,11-13H2,1H3,(H,20,21)(H,22,23). The molecule has 1 amide bonds. The first-order chi connectivity index (χ1) is 11.6. The Bertz CT molecular complexity index is 695. The lowest BCUT2D eigenvalue weighted by Crippen LogP contribution is -2.23. The van der Waals surface area contributed by atoms with E-state index < -0.39 is 5.97 Å². The van der Waals surface area contributed by atoms with Crippen molar-refractivity contribution in [3.63, 3.8) is 0 Å². The topological polar surface area (TPSA) is 75.6 Å². The second-order valence-corrected chi connectivity index (χ2v) is 5.39. The first-order valence-electron chi connectivity index (χ1n) is 7.88. The molecule has 0 saturated carbocycles. The van der Waals surface area contributed by atoms with Gasteiger partial charge in [-0.25, -0.2) is 4.79 Å². The van der Waals surface area contributed by atoms with Crippen molar-refractivity contribution in [2.75, 3.05) is 6.61 Å². The molecule has 0 bridgehead atoms. The van der Waals surface area contributed by atoms with Crippen molar-refractivity contribution in [1.29, 1.82) is 0 Å². The molecular formula is C19H21NO4. The Morgan fingerprint density at radius 2 is 1.62 bits per heavy atom. The molecule has 0 atom stereocenters. The van der Waals surface area contributed by atoms with E-state index in [9.17, 15) is 9.59 Å². The summed E-state index contributed by atoms with van der Waals surface area (Å²) in [6.07, 6.45) is 0.964. The fourth-order valence-electron chi connectivity index (χ4n) is 2.24. The van der Waals surface area contributed by atoms with Gasteiger partial charge in [0.05, 0.1) is 12.2 Å². The summed E-state index contributed by atoms with van der Waals surface area (Å²) in [4.78, 5) is 23.0. The highest BCUT2D eigenvalue weighted by atomic mass is 16.5. The number of hydrogen-bond acceptors (Lipinski definition) is 3. The molecule has 5 nitrogen and oxygen atoms in total. The third-order valence-electron chi connectivity index (χ3n) is 3.56. The predicted octanol–water partition coefficient (Wildman–Crippen LogP) is 3.24. The second-order valence-electron chi connectivity index (χ2n) is 5.39. The number of carbonyl (C=O) groups is 2. The Morgan fingerprint density at radius 3 is 2.25 bits per heavy atom. The van der Waals surface area contributed by atoms with Crippen LogP contribution >= 0.6 is 0 Å². The minimum Gasteiger partial charge on any atom is -0.478 e. The molecule has 24 heavy (non-hydrogen) atoms. The van der Waals surface area contributed by atoms with Crippen molar-refractivity contribution in [2.45, 2.75) is 26.5 Å². The van der Waals surface area contributed by atoms with E-state index in [0.29, 0.717) is 25.3 Å². The van der Waals surface area contributed by atoms with Gasteiger partial charge in [-0.1, -0.05) is 31.2 Å². The number of rotatable bonds is 8. The van der Waals surface area contributed by atoms with Gasteiger partial charge in [0.25, 0.3) is 5.91 Å². The maximum absolute atomic E-state index is 12.2. The molecule has 0 aliphatic carbocycles. The maximum atomic E-state index is 12.2. The van der Waals surface area contributed by atoms with Crippen LogP contribution in [-0.4, -0.2) is 23.6 Å². The van der Waals surface area contributed by atoms with Crippen LogP contribution in [0.3, 0.4) is 0 Å². The van der Waals surface area contributed by atoms with Gasteiger partial charge in [-0.2, -0.15) is 0 Å². The van der Waals surface area contributed by atoms with Gasteiger partial charge in [-0.3, -0.25) is 4.79 Å². The first-order valence-corrected chi connectivity index (χ1v) is 7.88.